The van der Waals surface area contributed by atoms with E-state index in [1.54, 1.807) is 10.8 Å². The van der Waals surface area contributed by atoms with E-state index in [1.807, 2.05) is 63.2 Å². The maximum atomic E-state index is 11.9. The van der Waals surface area contributed by atoms with E-state index in [0.717, 1.165) is 22.8 Å². The lowest BCUT2D eigenvalue weighted by Gasteiger charge is -2.10. The molecular weight excluding hydrogens is 352 g/mol. The summed E-state index contributed by atoms with van der Waals surface area (Å²) in [6.45, 7) is 6.82. The summed E-state index contributed by atoms with van der Waals surface area (Å²) in [6.07, 6.45) is 3.32. The number of aromatic nitrogens is 4. The van der Waals surface area contributed by atoms with Crippen LogP contribution in [0.5, 0.6) is 0 Å². The van der Waals surface area contributed by atoms with Gasteiger partial charge in [0.15, 0.2) is 5.82 Å². The Labute approximate surface area is 164 Å². The first-order chi connectivity index (χ1) is 13.5. The number of amides is 1. The van der Waals surface area contributed by atoms with Crippen molar-refractivity contribution < 1.29 is 4.79 Å². The van der Waals surface area contributed by atoms with Crippen LogP contribution in [0.2, 0.25) is 0 Å². The van der Waals surface area contributed by atoms with E-state index in [1.165, 1.54) is 6.08 Å². The molecule has 0 saturated heterocycles. The first-order valence-electron chi connectivity index (χ1n) is 9.15. The van der Waals surface area contributed by atoms with Gasteiger partial charge in [-0.3, -0.25) is 4.79 Å². The molecule has 3 rings (SSSR count). The normalized spacial score (nSPS) is 11.0. The SMILES string of the molecule is Cc1cc(C)n(-c2cc(NCCNC(=O)/C=C/c3ccccc3)nc(C)n2)n1. The highest BCUT2D eigenvalue weighted by molar-refractivity contribution is 5.91. The van der Waals surface area contributed by atoms with Crippen molar-refractivity contribution in [2.75, 3.05) is 18.4 Å². The molecule has 1 aromatic carbocycles. The molecule has 0 bridgehead atoms. The van der Waals surface area contributed by atoms with Gasteiger partial charge in [-0.1, -0.05) is 30.3 Å². The zero-order chi connectivity index (χ0) is 19.9. The minimum atomic E-state index is -0.132. The Morgan fingerprint density at radius 1 is 1.07 bits per heavy atom. The number of aryl methyl sites for hydroxylation is 3. The highest BCUT2D eigenvalue weighted by atomic mass is 16.1. The average Bonchev–Trinajstić information content (AvgIpc) is 3.02. The van der Waals surface area contributed by atoms with Gasteiger partial charge in [-0.2, -0.15) is 5.10 Å². The van der Waals surface area contributed by atoms with Gasteiger partial charge in [0.1, 0.15) is 11.6 Å². The van der Waals surface area contributed by atoms with Crippen LogP contribution in [0.25, 0.3) is 11.9 Å². The molecule has 28 heavy (non-hydrogen) atoms. The van der Waals surface area contributed by atoms with Gasteiger partial charge < -0.3 is 10.6 Å². The summed E-state index contributed by atoms with van der Waals surface area (Å²) in [5, 5.41) is 10.5. The minimum absolute atomic E-state index is 0.132. The molecule has 3 aromatic rings. The van der Waals surface area contributed by atoms with Crippen LogP contribution in [0.3, 0.4) is 0 Å². The number of hydrogen-bond acceptors (Lipinski definition) is 5. The first kappa shape index (κ1) is 19.3. The van der Waals surface area contributed by atoms with E-state index in [2.05, 4.69) is 25.7 Å². The quantitative estimate of drug-likeness (QED) is 0.489. The van der Waals surface area contributed by atoms with E-state index >= 15 is 0 Å². The molecule has 7 nitrogen and oxygen atoms in total. The van der Waals surface area contributed by atoms with Gasteiger partial charge in [0, 0.05) is 30.9 Å². The largest absolute Gasteiger partial charge is 0.368 e. The van der Waals surface area contributed by atoms with Crippen LogP contribution in [0, 0.1) is 20.8 Å². The lowest BCUT2D eigenvalue weighted by atomic mass is 10.2. The number of carbonyl (C=O) groups excluding carboxylic acids is 1. The minimum Gasteiger partial charge on any atom is -0.368 e. The molecule has 2 heterocycles. The lowest BCUT2D eigenvalue weighted by molar-refractivity contribution is -0.116. The van der Waals surface area contributed by atoms with Gasteiger partial charge >= 0.3 is 0 Å². The van der Waals surface area contributed by atoms with Crippen molar-refractivity contribution in [3.63, 3.8) is 0 Å². The zero-order valence-corrected chi connectivity index (χ0v) is 16.3. The second kappa shape index (κ2) is 8.94. The average molecular weight is 376 g/mol. The molecule has 1 amide bonds. The third-order valence-electron chi connectivity index (χ3n) is 4.01. The van der Waals surface area contributed by atoms with Crippen molar-refractivity contribution in [3.05, 3.63) is 71.3 Å². The smallest absolute Gasteiger partial charge is 0.244 e. The Morgan fingerprint density at radius 3 is 2.57 bits per heavy atom. The summed E-state index contributed by atoms with van der Waals surface area (Å²) in [5.74, 6) is 1.94. The summed E-state index contributed by atoms with van der Waals surface area (Å²) in [6, 6.07) is 13.6. The molecule has 0 radical (unpaired) electrons. The van der Waals surface area contributed by atoms with Crippen molar-refractivity contribution >= 4 is 17.8 Å². The third-order valence-corrected chi connectivity index (χ3v) is 4.01. The summed E-state index contributed by atoms with van der Waals surface area (Å²) >= 11 is 0. The summed E-state index contributed by atoms with van der Waals surface area (Å²) in [7, 11) is 0. The molecule has 0 fully saturated rings. The van der Waals surface area contributed by atoms with Gasteiger partial charge in [0.05, 0.1) is 5.69 Å². The van der Waals surface area contributed by atoms with Crippen molar-refractivity contribution in [1.29, 1.82) is 0 Å². The Morgan fingerprint density at radius 2 is 1.86 bits per heavy atom. The monoisotopic (exact) mass is 376 g/mol. The predicted molar refractivity (Wildman–Crippen MR) is 110 cm³/mol. The number of rotatable bonds is 7. The maximum absolute atomic E-state index is 11.9. The van der Waals surface area contributed by atoms with E-state index in [0.29, 0.717) is 24.7 Å². The molecule has 0 spiro atoms. The second-order valence-electron chi connectivity index (χ2n) is 6.46. The fourth-order valence-corrected chi connectivity index (χ4v) is 2.78. The maximum Gasteiger partial charge on any atom is 0.244 e. The van der Waals surface area contributed by atoms with Crippen LogP contribution in [0.1, 0.15) is 22.8 Å². The fraction of sp³-hybridized carbons (Fsp3) is 0.238. The molecule has 2 N–H and O–H groups in total. The van der Waals surface area contributed by atoms with Gasteiger partial charge in [-0.15, -0.1) is 0 Å². The molecule has 0 saturated carbocycles. The van der Waals surface area contributed by atoms with Crippen LogP contribution in [-0.4, -0.2) is 38.7 Å². The zero-order valence-electron chi connectivity index (χ0n) is 16.3. The second-order valence-corrected chi connectivity index (χ2v) is 6.46. The van der Waals surface area contributed by atoms with Gasteiger partial charge in [-0.05, 0) is 38.5 Å². The highest BCUT2D eigenvalue weighted by Crippen LogP contribution is 2.13. The standard InChI is InChI=1S/C21H24N6O/c1-15-13-16(2)27(26-15)20-14-19(24-17(3)25-20)22-11-12-23-21(28)10-9-18-7-5-4-6-8-18/h4-10,13-14H,11-12H2,1-3H3,(H,23,28)(H,22,24,25)/b10-9+. The Bertz CT molecular complexity index is 978. The lowest BCUT2D eigenvalue weighted by Crippen LogP contribution is -2.27. The number of benzene rings is 1. The molecular formula is C21H24N6O. The predicted octanol–water partition coefficient (Wildman–Crippen LogP) is 2.83. The van der Waals surface area contributed by atoms with Crippen LogP contribution in [-0.2, 0) is 4.79 Å². The molecule has 0 aliphatic rings. The molecule has 144 valence electrons. The van der Waals surface area contributed by atoms with E-state index in [-0.39, 0.29) is 5.91 Å². The van der Waals surface area contributed by atoms with Gasteiger partial charge in [0.25, 0.3) is 0 Å². The summed E-state index contributed by atoms with van der Waals surface area (Å²) < 4.78 is 1.80. The van der Waals surface area contributed by atoms with Crippen molar-refractivity contribution in [2.45, 2.75) is 20.8 Å². The molecule has 0 unspecified atom stereocenters. The molecule has 7 heteroatoms. The van der Waals surface area contributed by atoms with Crippen molar-refractivity contribution in [2.24, 2.45) is 0 Å². The molecule has 0 aliphatic heterocycles. The topological polar surface area (TPSA) is 84.7 Å². The van der Waals surface area contributed by atoms with Crippen LogP contribution >= 0.6 is 0 Å². The van der Waals surface area contributed by atoms with E-state index < -0.39 is 0 Å². The number of nitrogens with zero attached hydrogens (tertiary/aromatic N) is 4. The third kappa shape index (κ3) is 5.26. The Hall–Kier alpha value is -3.48. The fourth-order valence-electron chi connectivity index (χ4n) is 2.78. The van der Waals surface area contributed by atoms with Crippen molar-refractivity contribution in [1.82, 2.24) is 25.1 Å². The highest BCUT2D eigenvalue weighted by Gasteiger charge is 2.08. The summed E-state index contributed by atoms with van der Waals surface area (Å²) in [5.41, 5.74) is 2.94. The van der Waals surface area contributed by atoms with Gasteiger partial charge in [0.2, 0.25) is 5.91 Å². The first-order valence-corrected chi connectivity index (χ1v) is 9.15. The molecule has 0 aliphatic carbocycles. The van der Waals surface area contributed by atoms with Crippen LogP contribution < -0.4 is 10.6 Å². The van der Waals surface area contributed by atoms with E-state index in [4.69, 9.17) is 0 Å². The van der Waals surface area contributed by atoms with Crippen molar-refractivity contribution in [3.8, 4) is 5.82 Å². The number of nitrogens with one attached hydrogen (secondary N) is 2. The van der Waals surface area contributed by atoms with Gasteiger partial charge in [-0.25, -0.2) is 14.6 Å². The van der Waals surface area contributed by atoms with E-state index in [9.17, 15) is 4.79 Å². The molecule has 0 atom stereocenters. The van der Waals surface area contributed by atoms with Crippen LogP contribution in [0.4, 0.5) is 5.82 Å². The van der Waals surface area contributed by atoms with Crippen LogP contribution in [0.15, 0.2) is 48.5 Å². The number of carbonyl (C=O) groups is 1. The number of hydrogen-bond donors (Lipinski definition) is 2. The Kier molecular flexibility index (Phi) is 6.16. The number of anilines is 1. The Balaban J connectivity index is 1.53. The molecule has 2 aromatic heterocycles. The summed E-state index contributed by atoms with van der Waals surface area (Å²) in [4.78, 5) is 20.8.